The van der Waals surface area contributed by atoms with Crippen molar-refractivity contribution in [3.8, 4) is 17.5 Å². The summed E-state index contributed by atoms with van der Waals surface area (Å²) in [6, 6.07) is 15.7. The predicted octanol–water partition coefficient (Wildman–Crippen LogP) is 5.57. The van der Waals surface area contributed by atoms with Crippen molar-refractivity contribution >= 4 is 17.7 Å². The van der Waals surface area contributed by atoms with Gasteiger partial charge in [-0.3, -0.25) is 4.79 Å². The molecule has 0 saturated heterocycles. The number of aryl methyl sites for hydroxylation is 4. The van der Waals surface area contributed by atoms with Crippen molar-refractivity contribution in [3.05, 3.63) is 81.7 Å². The van der Waals surface area contributed by atoms with Gasteiger partial charge in [0.05, 0.1) is 12.8 Å². The zero-order valence-corrected chi connectivity index (χ0v) is 18.8. The molecular formula is C26H27N3O2. The summed E-state index contributed by atoms with van der Waals surface area (Å²) in [7, 11) is 1.65. The first-order chi connectivity index (χ1) is 14.7. The number of ether oxygens (including phenoxy) is 1. The molecule has 0 spiro atoms. The predicted molar refractivity (Wildman–Crippen MR) is 125 cm³/mol. The van der Waals surface area contributed by atoms with E-state index in [0.29, 0.717) is 5.69 Å². The highest BCUT2D eigenvalue weighted by atomic mass is 16.5. The van der Waals surface area contributed by atoms with E-state index in [4.69, 9.17) is 4.74 Å². The van der Waals surface area contributed by atoms with Crippen molar-refractivity contribution in [1.82, 2.24) is 4.57 Å². The molecule has 0 bridgehead atoms. The van der Waals surface area contributed by atoms with Gasteiger partial charge in [0, 0.05) is 17.1 Å². The molecule has 1 heterocycles. The highest BCUT2D eigenvalue weighted by Crippen LogP contribution is 2.30. The number of benzene rings is 2. The van der Waals surface area contributed by atoms with Gasteiger partial charge in [0.1, 0.15) is 17.4 Å². The van der Waals surface area contributed by atoms with Crippen LogP contribution in [0.2, 0.25) is 0 Å². The van der Waals surface area contributed by atoms with Gasteiger partial charge in [-0.05, 0) is 93.3 Å². The van der Waals surface area contributed by atoms with Crippen LogP contribution in [0, 0.1) is 45.9 Å². The molecule has 0 fully saturated rings. The number of aromatic nitrogens is 1. The van der Waals surface area contributed by atoms with E-state index in [0.717, 1.165) is 45.1 Å². The van der Waals surface area contributed by atoms with Gasteiger partial charge < -0.3 is 14.6 Å². The van der Waals surface area contributed by atoms with Crippen LogP contribution in [0.5, 0.6) is 5.75 Å². The molecule has 0 aliphatic rings. The lowest BCUT2D eigenvalue weighted by Crippen LogP contribution is -2.13. The van der Waals surface area contributed by atoms with Gasteiger partial charge in [-0.25, -0.2) is 0 Å². The molecule has 0 saturated carbocycles. The summed E-state index contributed by atoms with van der Waals surface area (Å²) in [5, 5.41) is 12.5. The van der Waals surface area contributed by atoms with Crippen molar-refractivity contribution in [2.24, 2.45) is 0 Å². The zero-order valence-electron chi connectivity index (χ0n) is 18.8. The van der Waals surface area contributed by atoms with E-state index in [1.54, 1.807) is 13.2 Å². The summed E-state index contributed by atoms with van der Waals surface area (Å²) in [4.78, 5) is 12.7. The number of nitriles is 1. The average molecular weight is 414 g/mol. The third-order valence-electron chi connectivity index (χ3n) is 5.48. The number of nitrogens with zero attached hydrogens (tertiary/aromatic N) is 2. The SMILES string of the molecule is COc1ccc(C)cc1-n1c(C)cc(/C=C(/C#N)C(=O)Nc2ccc(C)c(C)c2)c1C. The van der Waals surface area contributed by atoms with Crippen LogP contribution in [0.4, 0.5) is 5.69 Å². The maximum atomic E-state index is 12.7. The maximum absolute atomic E-state index is 12.7. The number of hydrogen-bond donors (Lipinski definition) is 1. The molecule has 3 aromatic rings. The second kappa shape index (κ2) is 8.93. The van der Waals surface area contributed by atoms with Crippen LogP contribution in [-0.4, -0.2) is 17.6 Å². The fraction of sp³-hybridized carbons (Fsp3) is 0.231. The van der Waals surface area contributed by atoms with E-state index in [9.17, 15) is 10.1 Å². The minimum atomic E-state index is -0.427. The van der Waals surface area contributed by atoms with E-state index < -0.39 is 5.91 Å². The Morgan fingerprint density at radius 1 is 1.03 bits per heavy atom. The normalized spacial score (nSPS) is 11.2. The molecule has 2 aromatic carbocycles. The number of hydrogen-bond acceptors (Lipinski definition) is 3. The summed E-state index contributed by atoms with van der Waals surface area (Å²) >= 11 is 0. The van der Waals surface area contributed by atoms with E-state index in [1.165, 1.54) is 0 Å². The molecule has 3 rings (SSSR count). The largest absolute Gasteiger partial charge is 0.495 e. The molecule has 31 heavy (non-hydrogen) atoms. The Balaban J connectivity index is 1.98. The minimum absolute atomic E-state index is 0.0506. The van der Waals surface area contributed by atoms with Crippen LogP contribution in [0.25, 0.3) is 11.8 Å². The summed E-state index contributed by atoms with van der Waals surface area (Å²) in [6.45, 7) is 9.99. The standard InChI is InChI=1S/C26H27N3O2/c1-16-7-10-25(31-6)24(11-16)29-19(4)13-21(20(29)5)14-22(15-27)26(30)28-23-9-8-17(2)18(3)12-23/h7-14H,1-6H3,(H,28,30)/b22-14-. The van der Waals surface area contributed by atoms with Gasteiger partial charge >= 0.3 is 0 Å². The minimum Gasteiger partial charge on any atom is -0.495 e. The Morgan fingerprint density at radius 2 is 1.77 bits per heavy atom. The Morgan fingerprint density at radius 3 is 2.42 bits per heavy atom. The molecule has 1 amide bonds. The molecule has 5 nitrogen and oxygen atoms in total. The lowest BCUT2D eigenvalue weighted by Gasteiger charge is -2.15. The van der Waals surface area contributed by atoms with E-state index >= 15 is 0 Å². The van der Waals surface area contributed by atoms with Crippen molar-refractivity contribution in [2.75, 3.05) is 12.4 Å². The number of anilines is 1. The smallest absolute Gasteiger partial charge is 0.266 e. The number of nitrogens with one attached hydrogen (secondary N) is 1. The van der Waals surface area contributed by atoms with Crippen molar-refractivity contribution in [3.63, 3.8) is 0 Å². The molecule has 0 aliphatic carbocycles. The van der Waals surface area contributed by atoms with Crippen LogP contribution in [0.15, 0.2) is 48.0 Å². The third kappa shape index (κ3) is 4.54. The van der Waals surface area contributed by atoms with Gasteiger partial charge in [-0.2, -0.15) is 5.26 Å². The van der Waals surface area contributed by atoms with E-state index in [2.05, 4.69) is 16.0 Å². The van der Waals surface area contributed by atoms with Gasteiger partial charge in [0.25, 0.3) is 5.91 Å². The van der Waals surface area contributed by atoms with Crippen molar-refractivity contribution in [2.45, 2.75) is 34.6 Å². The fourth-order valence-corrected chi connectivity index (χ4v) is 3.60. The zero-order chi connectivity index (χ0) is 22.7. The Hall–Kier alpha value is -3.78. The summed E-state index contributed by atoms with van der Waals surface area (Å²) in [5.74, 6) is 0.333. The van der Waals surface area contributed by atoms with Gasteiger partial charge in [0.15, 0.2) is 0 Å². The highest BCUT2D eigenvalue weighted by molar-refractivity contribution is 6.09. The number of carbonyl (C=O) groups excluding carboxylic acids is 1. The molecule has 0 atom stereocenters. The monoisotopic (exact) mass is 413 g/mol. The lowest BCUT2D eigenvalue weighted by molar-refractivity contribution is -0.112. The second-order valence-corrected chi connectivity index (χ2v) is 7.76. The van der Waals surface area contributed by atoms with Crippen LogP contribution in [0.1, 0.15) is 33.6 Å². The molecule has 1 N–H and O–H groups in total. The number of amides is 1. The summed E-state index contributed by atoms with van der Waals surface area (Å²) in [6.07, 6.45) is 1.64. The molecule has 0 aliphatic heterocycles. The summed E-state index contributed by atoms with van der Waals surface area (Å²) in [5.41, 5.74) is 7.71. The Bertz CT molecular complexity index is 1230. The average Bonchev–Trinajstić information content (AvgIpc) is 3.01. The Labute approximate surface area is 183 Å². The molecule has 1 aromatic heterocycles. The summed E-state index contributed by atoms with van der Waals surface area (Å²) < 4.78 is 7.62. The van der Waals surface area contributed by atoms with Gasteiger partial charge in [-0.1, -0.05) is 12.1 Å². The second-order valence-electron chi connectivity index (χ2n) is 7.76. The van der Waals surface area contributed by atoms with E-state index in [1.807, 2.05) is 77.1 Å². The first-order valence-electron chi connectivity index (χ1n) is 10.1. The number of carbonyl (C=O) groups is 1. The van der Waals surface area contributed by atoms with Crippen molar-refractivity contribution < 1.29 is 9.53 Å². The van der Waals surface area contributed by atoms with Crippen LogP contribution >= 0.6 is 0 Å². The lowest BCUT2D eigenvalue weighted by atomic mass is 10.1. The number of methoxy groups -OCH3 is 1. The molecule has 0 radical (unpaired) electrons. The third-order valence-corrected chi connectivity index (χ3v) is 5.48. The number of rotatable bonds is 5. The molecule has 158 valence electrons. The first-order valence-corrected chi connectivity index (χ1v) is 10.1. The maximum Gasteiger partial charge on any atom is 0.266 e. The van der Waals surface area contributed by atoms with Gasteiger partial charge in [-0.15, -0.1) is 0 Å². The highest BCUT2D eigenvalue weighted by Gasteiger charge is 2.16. The fourth-order valence-electron chi connectivity index (χ4n) is 3.60. The molecular weight excluding hydrogens is 386 g/mol. The van der Waals surface area contributed by atoms with Crippen LogP contribution in [0.3, 0.4) is 0 Å². The topological polar surface area (TPSA) is 67.0 Å². The Kier molecular flexibility index (Phi) is 6.31. The molecule has 5 heteroatoms. The van der Waals surface area contributed by atoms with Crippen molar-refractivity contribution in [1.29, 1.82) is 5.26 Å². The van der Waals surface area contributed by atoms with Crippen LogP contribution in [-0.2, 0) is 4.79 Å². The quantitative estimate of drug-likeness (QED) is 0.439. The van der Waals surface area contributed by atoms with Crippen LogP contribution < -0.4 is 10.1 Å². The first kappa shape index (κ1) is 21.9. The van der Waals surface area contributed by atoms with E-state index in [-0.39, 0.29) is 5.57 Å². The van der Waals surface area contributed by atoms with Gasteiger partial charge in [0.2, 0.25) is 0 Å². The molecule has 0 unspecified atom stereocenters.